The fourth-order valence-electron chi connectivity index (χ4n) is 1.45. The first-order valence-electron chi connectivity index (χ1n) is 5.12. The zero-order valence-electron chi connectivity index (χ0n) is 9.58. The van der Waals surface area contributed by atoms with Crippen molar-refractivity contribution in [2.75, 3.05) is 11.9 Å². The number of hydrogen-bond acceptors (Lipinski definition) is 3. The zero-order valence-corrected chi connectivity index (χ0v) is 9.58. The van der Waals surface area contributed by atoms with Crippen molar-refractivity contribution >= 4 is 11.6 Å². The fraction of sp³-hybridized carbons (Fsp3) is 0.364. The lowest BCUT2D eigenvalue weighted by Crippen LogP contribution is -2.17. The number of nitrogens with two attached hydrogens (primary N) is 1. The van der Waals surface area contributed by atoms with Crippen molar-refractivity contribution in [3.63, 3.8) is 0 Å². The van der Waals surface area contributed by atoms with Crippen molar-refractivity contribution in [1.29, 1.82) is 0 Å². The highest BCUT2D eigenvalue weighted by Crippen LogP contribution is 2.33. The van der Waals surface area contributed by atoms with Gasteiger partial charge in [-0.1, -0.05) is 6.07 Å². The van der Waals surface area contributed by atoms with Crippen molar-refractivity contribution in [3.8, 4) is 0 Å². The molecular formula is C11H13F3N2O2. The van der Waals surface area contributed by atoms with Gasteiger partial charge in [-0.2, -0.15) is 13.2 Å². The summed E-state index contributed by atoms with van der Waals surface area (Å²) in [4.78, 5) is 10.9. The van der Waals surface area contributed by atoms with Gasteiger partial charge in [0.1, 0.15) is 0 Å². The van der Waals surface area contributed by atoms with E-state index < -0.39 is 23.8 Å². The van der Waals surface area contributed by atoms with Gasteiger partial charge in [0.15, 0.2) is 0 Å². The van der Waals surface area contributed by atoms with E-state index in [-0.39, 0.29) is 17.8 Å². The summed E-state index contributed by atoms with van der Waals surface area (Å²) in [5, 5.41) is 11.8. The Morgan fingerprint density at radius 2 is 2.11 bits per heavy atom. The van der Waals surface area contributed by atoms with Gasteiger partial charge in [0.05, 0.1) is 11.7 Å². The zero-order chi connectivity index (χ0) is 13.9. The summed E-state index contributed by atoms with van der Waals surface area (Å²) in [6, 6.07) is 2.71. The number of carbonyl (C=O) groups is 1. The lowest BCUT2D eigenvalue weighted by atomic mass is 10.0. The predicted octanol–water partition coefficient (Wildman–Crippen LogP) is 1.66. The first kappa shape index (κ1) is 14.5. The minimum absolute atomic E-state index is 0.0877. The van der Waals surface area contributed by atoms with E-state index in [4.69, 9.17) is 5.73 Å². The maximum Gasteiger partial charge on any atom is 0.416 e. The molecular weight excluding hydrogens is 249 g/mol. The topological polar surface area (TPSA) is 75.3 Å². The van der Waals surface area contributed by atoms with Gasteiger partial charge in [-0.05, 0) is 12.1 Å². The molecule has 100 valence electrons. The highest BCUT2D eigenvalue weighted by Gasteiger charge is 2.31. The molecule has 0 spiro atoms. The van der Waals surface area contributed by atoms with Crippen LogP contribution in [-0.4, -0.2) is 17.6 Å². The summed E-state index contributed by atoms with van der Waals surface area (Å²) in [5.41, 5.74) is 4.40. The number of rotatable bonds is 3. The third-order valence-electron chi connectivity index (χ3n) is 2.27. The van der Waals surface area contributed by atoms with Crippen molar-refractivity contribution < 1.29 is 23.1 Å². The van der Waals surface area contributed by atoms with E-state index in [1.165, 1.54) is 6.92 Å². The lowest BCUT2D eigenvalue weighted by Gasteiger charge is -2.16. The molecule has 0 aromatic heterocycles. The first-order chi connectivity index (χ1) is 8.25. The summed E-state index contributed by atoms with van der Waals surface area (Å²) in [6.07, 6.45) is -5.64. The predicted molar refractivity (Wildman–Crippen MR) is 59.8 cm³/mol. The Kier molecular flexibility index (Phi) is 4.31. The number of amides is 1. The van der Waals surface area contributed by atoms with Crippen LogP contribution in [0.4, 0.5) is 18.9 Å². The van der Waals surface area contributed by atoms with E-state index in [2.05, 4.69) is 5.32 Å². The van der Waals surface area contributed by atoms with Crippen LogP contribution < -0.4 is 11.1 Å². The van der Waals surface area contributed by atoms with Crippen LogP contribution in [0.15, 0.2) is 18.2 Å². The third-order valence-corrected chi connectivity index (χ3v) is 2.27. The molecule has 1 atom stereocenters. The average Bonchev–Trinajstić information content (AvgIpc) is 2.26. The molecule has 0 aliphatic carbocycles. The van der Waals surface area contributed by atoms with Crippen LogP contribution in [-0.2, 0) is 11.0 Å². The van der Waals surface area contributed by atoms with Crippen LogP contribution >= 0.6 is 0 Å². The Balaban J connectivity index is 3.24. The average molecular weight is 262 g/mol. The number of hydrogen-bond donors (Lipinski definition) is 3. The molecule has 7 heteroatoms. The van der Waals surface area contributed by atoms with Crippen LogP contribution in [0.5, 0.6) is 0 Å². The molecule has 1 amide bonds. The molecule has 1 aromatic rings. The standard InChI is InChI=1S/C11H13F3N2O2/c1-6(17)16-9-4-7(11(12,13)14)2-3-8(9)10(18)5-15/h2-4,10,18H,5,15H2,1H3,(H,16,17). The molecule has 1 aromatic carbocycles. The molecule has 0 bridgehead atoms. The second kappa shape index (κ2) is 5.36. The molecule has 0 aliphatic heterocycles. The second-order valence-electron chi connectivity index (χ2n) is 3.73. The molecule has 0 saturated heterocycles. The van der Waals surface area contributed by atoms with Gasteiger partial charge >= 0.3 is 6.18 Å². The van der Waals surface area contributed by atoms with Crippen LogP contribution in [0, 0.1) is 0 Å². The molecule has 0 aliphatic rings. The highest BCUT2D eigenvalue weighted by atomic mass is 19.4. The van der Waals surface area contributed by atoms with E-state index in [0.29, 0.717) is 0 Å². The molecule has 18 heavy (non-hydrogen) atoms. The van der Waals surface area contributed by atoms with Gasteiger partial charge in [-0.3, -0.25) is 4.79 Å². The van der Waals surface area contributed by atoms with E-state index in [1.54, 1.807) is 0 Å². The van der Waals surface area contributed by atoms with Gasteiger partial charge in [-0.25, -0.2) is 0 Å². The Morgan fingerprint density at radius 1 is 1.50 bits per heavy atom. The molecule has 0 heterocycles. The summed E-state index contributed by atoms with van der Waals surface area (Å²) < 4.78 is 37.6. The van der Waals surface area contributed by atoms with Crippen molar-refractivity contribution in [3.05, 3.63) is 29.3 Å². The quantitative estimate of drug-likeness (QED) is 0.775. The molecule has 4 N–H and O–H groups in total. The number of aliphatic hydroxyl groups excluding tert-OH is 1. The summed E-state index contributed by atoms with van der Waals surface area (Å²) >= 11 is 0. The fourth-order valence-corrected chi connectivity index (χ4v) is 1.45. The van der Waals surface area contributed by atoms with E-state index in [0.717, 1.165) is 18.2 Å². The van der Waals surface area contributed by atoms with Gasteiger partial charge in [0, 0.05) is 24.7 Å². The molecule has 4 nitrogen and oxygen atoms in total. The first-order valence-corrected chi connectivity index (χ1v) is 5.12. The molecule has 1 rings (SSSR count). The molecule has 0 fully saturated rings. The second-order valence-corrected chi connectivity index (χ2v) is 3.73. The number of nitrogens with one attached hydrogen (secondary N) is 1. The molecule has 1 unspecified atom stereocenters. The maximum atomic E-state index is 12.5. The van der Waals surface area contributed by atoms with Gasteiger partial charge in [0.2, 0.25) is 5.91 Å². The maximum absolute atomic E-state index is 12.5. The van der Waals surface area contributed by atoms with Gasteiger partial charge < -0.3 is 16.2 Å². The van der Waals surface area contributed by atoms with Crippen LogP contribution in [0.1, 0.15) is 24.2 Å². The third kappa shape index (κ3) is 3.44. The number of aliphatic hydroxyl groups is 1. The summed E-state index contributed by atoms with van der Waals surface area (Å²) in [5.74, 6) is -0.528. The largest absolute Gasteiger partial charge is 0.416 e. The minimum atomic E-state index is -4.51. The number of carbonyl (C=O) groups excluding carboxylic acids is 1. The van der Waals surface area contributed by atoms with Crippen LogP contribution in [0.2, 0.25) is 0 Å². The van der Waals surface area contributed by atoms with Crippen LogP contribution in [0.3, 0.4) is 0 Å². The Morgan fingerprint density at radius 3 is 2.56 bits per heavy atom. The Bertz CT molecular complexity index is 446. The summed E-state index contributed by atoms with van der Waals surface area (Å²) in [7, 11) is 0. The number of anilines is 1. The number of halogens is 3. The monoisotopic (exact) mass is 262 g/mol. The van der Waals surface area contributed by atoms with E-state index >= 15 is 0 Å². The normalized spacial score (nSPS) is 13.2. The van der Waals surface area contributed by atoms with Gasteiger partial charge in [-0.15, -0.1) is 0 Å². The minimum Gasteiger partial charge on any atom is -0.387 e. The number of benzene rings is 1. The highest BCUT2D eigenvalue weighted by molar-refractivity contribution is 5.89. The lowest BCUT2D eigenvalue weighted by molar-refractivity contribution is -0.137. The molecule has 0 radical (unpaired) electrons. The van der Waals surface area contributed by atoms with Crippen molar-refractivity contribution in [2.45, 2.75) is 19.2 Å². The number of alkyl halides is 3. The van der Waals surface area contributed by atoms with E-state index in [9.17, 15) is 23.1 Å². The molecule has 0 saturated carbocycles. The van der Waals surface area contributed by atoms with Crippen molar-refractivity contribution in [2.24, 2.45) is 5.73 Å². The Hall–Kier alpha value is -1.60. The summed E-state index contributed by atoms with van der Waals surface area (Å²) in [6.45, 7) is 1.01. The Labute approximate surface area is 102 Å². The smallest absolute Gasteiger partial charge is 0.387 e. The van der Waals surface area contributed by atoms with E-state index in [1.807, 2.05) is 0 Å². The van der Waals surface area contributed by atoms with Crippen molar-refractivity contribution in [1.82, 2.24) is 0 Å². The SMILES string of the molecule is CC(=O)Nc1cc(C(F)(F)F)ccc1C(O)CN. The van der Waals surface area contributed by atoms with Gasteiger partial charge in [0.25, 0.3) is 0 Å². The van der Waals surface area contributed by atoms with Crippen LogP contribution in [0.25, 0.3) is 0 Å².